The summed E-state index contributed by atoms with van der Waals surface area (Å²) in [6.45, 7) is 5.73. The molecule has 2 aromatic rings. The summed E-state index contributed by atoms with van der Waals surface area (Å²) in [5, 5.41) is 0. The lowest BCUT2D eigenvalue weighted by Gasteiger charge is -2.33. The molecule has 1 unspecified atom stereocenters. The summed E-state index contributed by atoms with van der Waals surface area (Å²) in [6, 6.07) is 14.9. The van der Waals surface area contributed by atoms with Gasteiger partial charge in [0.2, 0.25) is 0 Å². The molecule has 1 aliphatic rings. The molecular formula is C28H39NO3. The molecule has 0 bridgehead atoms. The molecule has 0 N–H and O–H groups in total. The quantitative estimate of drug-likeness (QED) is 0.273. The van der Waals surface area contributed by atoms with E-state index in [0.29, 0.717) is 0 Å². The summed E-state index contributed by atoms with van der Waals surface area (Å²) in [5.74, 6) is 2.51. The highest BCUT2D eigenvalue weighted by molar-refractivity contribution is 5.71. The van der Waals surface area contributed by atoms with Crippen molar-refractivity contribution < 1.29 is 14.2 Å². The molecule has 1 atom stereocenters. The van der Waals surface area contributed by atoms with Gasteiger partial charge in [0, 0.05) is 12.1 Å². The van der Waals surface area contributed by atoms with Crippen LogP contribution in [-0.4, -0.2) is 44.9 Å². The highest BCUT2D eigenvalue weighted by atomic mass is 16.5. The van der Waals surface area contributed by atoms with E-state index in [1.807, 2.05) is 30.3 Å². The number of ether oxygens (including phenoxy) is 3. The standard InChI is InChI=1S/C28H39NO3/c1-23-10-6-8-18-29(23)17-7-4-5-9-19-32-26-15-13-24(14-16-26)11-12-25-20-27(30-2)22-28(21-25)31-3/h11-16,20-23H,4-10,17-19H2,1-3H3/b12-11+. The van der Waals surface area contributed by atoms with Crippen LogP contribution in [0.2, 0.25) is 0 Å². The van der Waals surface area contributed by atoms with Crippen molar-refractivity contribution in [3.63, 3.8) is 0 Å². The zero-order chi connectivity index (χ0) is 22.6. The van der Waals surface area contributed by atoms with Gasteiger partial charge >= 0.3 is 0 Å². The summed E-state index contributed by atoms with van der Waals surface area (Å²) in [7, 11) is 3.33. The third-order valence-electron chi connectivity index (χ3n) is 6.27. The molecule has 0 saturated carbocycles. The first-order valence-corrected chi connectivity index (χ1v) is 12.1. The monoisotopic (exact) mass is 437 g/mol. The molecule has 1 heterocycles. The number of hydrogen-bond acceptors (Lipinski definition) is 4. The minimum atomic E-state index is 0.781. The molecule has 4 heteroatoms. The molecule has 0 aromatic heterocycles. The number of hydrogen-bond donors (Lipinski definition) is 0. The fraction of sp³-hybridized carbons (Fsp3) is 0.500. The molecule has 0 spiro atoms. The largest absolute Gasteiger partial charge is 0.497 e. The first-order chi connectivity index (χ1) is 15.7. The summed E-state index contributed by atoms with van der Waals surface area (Å²) in [4.78, 5) is 2.67. The zero-order valence-corrected chi connectivity index (χ0v) is 20.0. The minimum Gasteiger partial charge on any atom is -0.497 e. The van der Waals surface area contributed by atoms with Crippen LogP contribution in [0.4, 0.5) is 0 Å². The van der Waals surface area contributed by atoms with Crippen molar-refractivity contribution in [1.82, 2.24) is 4.90 Å². The number of rotatable bonds is 12. The number of benzene rings is 2. The van der Waals surface area contributed by atoms with Gasteiger partial charge < -0.3 is 19.1 Å². The molecule has 1 saturated heterocycles. The van der Waals surface area contributed by atoms with Gasteiger partial charge in [-0.1, -0.05) is 43.5 Å². The lowest BCUT2D eigenvalue weighted by molar-refractivity contribution is 0.157. The first-order valence-electron chi connectivity index (χ1n) is 12.1. The number of piperidine rings is 1. The molecule has 0 aliphatic carbocycles. The molecule has 1 aliphatic heterocycles. The second-order valence-corrected chi connectivity index (χ2v) is 8.69. The van der Waals surface area contributed by atoms with Crippen molar-refractivity contribution in [3.8, 4) is 17.2 Å². The Morgan fingerprint density at radius 1 is 0.812 bits per heavy atom. The zero-order valence-electron chi connectivity index (χ0n) is 20.0. The number of methoxy groups -OCH3 is 2. The van der Waals surface area contributed by atoms with E-state index < -0.39 is 0 Å². The summed E-state index contributed by atoms with van der Waals surface area (Å²) in [5.41, 5.74) is 2.17. The Morgan fingerprint density at radius 3 is 2.19 bits per heavy atom. The molecule has 32 heavy (non-hydrogen) atoms. The van der Waals surface area contributed by atoms with Crippen LogP contribution in [0.15, 0.2) is 42.5 Å². The molecule has 174 valence electrons. The number of nitrogens with zero attached hydrogens (tertiary/aromatic N) is 1. The average molecular weight is 438 g/mol. The van der Waals surface area contributed by atoms with Crippen LogP contribution in [0.25, 0.3) is 12.2 Å². The predicted molar refractivity (Wildman–Crippen MR) is 134 cm³/mol. The SMILES string of the molecule is COc1cc(/C=C/c2ccc(OCCCCCCN3CCCCC3C)cc2)cc(OC)c1. The van der Waals surface area contributed by atoms with Crippen LogP contribution in [0.5, 0.6) is 17.2 Å². The Morgan fingerprint density at radius 2 is 1.50 bits per heavy atom. The van der Waals surface area contributed by atoms with Gasteiger partial charge in [-0.15, -0.1) is 0 Å². The normalized spacial score (nSPS) is 16.9. The van der Waals surface area contributed by atoms with Gasteiger partial charge in [0.1, 0.15) is 17.2 Å². The van der Waals surface area contributed by atoms with E-state index in [-0.39, 0.29) is 0 Å². The first kappa shape index (κ1) is 24.2. The van der Waals surface area contributed by atoms with E-state index >= 15 is 0 Å². The predicted octanol–water partition coefficient (Wildman–Crippen LogP) is 6.69. The van der Waals surface area contributed by atoms with Gasteiger partial charge in [0.05, 0.1) is 20.8 Å². The van der Waals surface area contributed by atoms with Crippen molar-refractivity contribution in [1.29, 1.82) is 0 Å². The highest BCUT2D eigenvalue weighted by Gasteiger charge is 2.16. The van der Waals surface area contributed by atoms with E-state index in [2.05, 4.69) is 36.1 Å². The van der Waals surface area contributed by atoms with Crippen LogP contribution in [0, 0.1) is 0 Å². The maximum absolute atomic E-state index is 5.93. The fourth-order valence-electron chi connectivity index (χ4n) is 4.24. The minimum absolute atomic E-state index is 0.781. The van der Waals surface area contributed by atoms with Gasteiger partial charge in [-0.25, -0.2) is 0 Å². The van der Waals surface area contributed by atoms with Gasteiger partial charge in [0.15, 0.2) is 0 Å². The van der Waals surface area contributed by atoms with Gasteiger partial charge in [0.25, 0.3) is 0 Å². The number of unbranched alkanes of at least 4 members (excludes halogenated alkanes) is 3. The third-order valence-corrected chi connectivity index (χ3v) is 6.27. The van der Waals surface area contributed by atoms with Crippen LogP contribution in [-0.2, 0) is 0 Å². The lowest BCUT2D eigenvalue weighted by atomic mass is 10.0. The van der Waals surface area contributed by atoms with Crippen LogP contribution in [0.3, 0.4) is 0 Å². The van der Waals surface area contributed by atoms with Crippen LogP contribution in [0.1, 0.15) is 63.0 Å². The Labute approximate surface area is 194 Å². The Kier molecular flexibility index (Phi) is 9.96. The van der Waals surface area contributed by atoms with Crippen molar-refractivity contribution in [2.75, 3.05) is 33.9 Å². The van der Waals surface area contributed by atoms with E-state index in [0.717, 1.165) is 47.4 Å². The summed E-state index contributed by atoms with van der Waals surface area (Å²) >= 11 is 0. The molecule has 2 aromatic carbocycles. The fourth-order valence-corrected chi connectivity index (χ4v) is 4.24. The maximum Gasteiger partial charge on any atom is 0.123 e. The van der Waals surface area contributed by atoms with Crippen LogP contribution >= 0.6 is 0 Å². The molecular weight excluding hydrogens is 398 g/mol. The second kappa shape index (κ2) is 13.2. The van der Waals surface area contributed by atoms with E-state index in [9.17, 15) is 0 Å². The number of likely N-dealkylation sites (tertiary alicyclic amines) is 1. The Bertz CT molecular complexity index is 809. The topological polar surface area (TPSA) is 30.9 Å². The van der Waals surface area contributed by atoms with Gasteiger partial charge in [-0.05, 0) is 81.1 Å². The second-order valence-electron chi connectivity index (χ2n) is 8.69. The maximum atomic E-state index is 5.93. The van der Waals surface area contributed by atoms with Crippen molar-refractivity contribution in [2.24, 2.45) is 0 Å². The van der Waals surface area contributed by atoms with E-state index in [1.165, 1.54) is 51.6 Å². The van der Waals surface area contributed by atoms with Gasteiger partial charge in [-0.2, -0.15) is 0 Å². The molecule has 1 fully saturated rings. The lowest BCUT2D eigenvalue weighted by Crippen LogP contribution is -2.37. The third kappa shape index (κ3) is 7.90. The summed E-state index contributed by atoms with van der Waals surface area (Å²) in [6.07, 6.45) is 13.3. The Hall–Kier alpha value is -2.46. The summed E-state index contributed by atoms with van der Waals surface area (Å²) < 4.78 is 16.6. The van der Waals surface area contributed by atoms with Crippen molar-refractivity contribution >= 4 is 12.2 Å². The molecule has 0 amide bonds. The van der Waals surface area contributed by atoms with E-state index in [1.54, 1.807) is 14.2 Å². The van der Waals surface area contributed by atoms with Gasteiger partial charge in [-0.3, -0.25) is 0 Å². The molecule has 4 nitrogen and oxygen atoms in total. The van der Waals surface area contributed by atoms with E-state index in [4.69, 9.17) is 14.2 Å². The average Bonchev–Trinajstić information content (AvgIpc) is 2.83. The molecule has 3 rings (SSSR count). The highest BCUT2D eigenvalue weighted by Crippen LogP contribution is 2.24. The van der Waals surface area contributed by atoms with Crippen LogP contribution < -0.4 is 14.2 Å². The molecule has 0 radical (unpaired) electrons. The van der Waals surface area contributed by atoms with Crippen molar-refractivity contribution in [3.05, 3.63) is 53.6 Å². The smallest absolute Gasteiger partial charge is 0.123 e. The van der Waals surface area contributed by atoms with Crippen molar-refractivity contribution in [2.45, 2.75) is 57.9 Å². The Balaban J connectivity index is 1.34.